The van der Waals surface area contributed by atoms with Crippen molar-refractivity contribution in [3.8, 4) is 11.3 Å². The molecule has 0 saturated carbocycles. The molecule has 0 bridgehead atoms. The molecule has 2 aromatic heterocycles. The average molecular weight is 322 g/mol. The van der Waals surface area contributed by atoms with Crippen LogP contribution in [0, 0.1) is 5.92 Å². The van der Waals surface area contributed by atoms with E-state index in [1.807, 2.05) is 44.1 Å². The van der Waals surface area contributed by atoms with E-state index in [1.54, 1.807) is 17.1 Å². The maximum absolute atomic E-state index is 11.4. The van der Waals surface area contributed by atoms with Crippen molar-refractivity contribution in [2.45, 2.75) is 6.92 Å². The fourth-order valence-electron chi connectivity index (χ4n) is 2.60. The van der Waals surface area contributed by atoms with Gasteiger partial charge < -0.3 is 4.90 Å². The Bertz CT molecular complexity index is 725. The summed E-state index contributed by atoms with van der Waals surface area (Å²) in [7, 11) is 0.873. The van der Waals surface area contributed by atoms with Gasteiger partial charge in [0.15, 0.2) is 0 Å². The molecular weight excluding hydrogens is 300 g/mol. The summed E-state index contributed by atoms with van der Waals surface area (Å²) in [6.45, 7) is 2.59. The molecule has 0 fully saturated rings. The third-order valence-corrected chi connectivity index (χ3v) is 4.55. The minimum absolute atomic E-state index is 0.0525. The molecule has 120 valence electrons. The van der Waals surface area contributed by atoms with Gasteiger partial charge in [0.25, 0.3) is 0 Å². The highest BCUT2D eigenvalue weighted by Gasteiger charge is 2.16. The Morgan fingerprint density at radius 1 is 1.41 bits per heavy atom. The topological polar surface area (TPSA) is 68.1 Å². The summed E-state index contributed by atoms with van der Waals surface area (Å²) in [6.07, 6.45) is 4.78. The third-order valence-electron chi connectivity index (χ3n) is 3.38. The van der Waals surface area contributed by atoms with Gasteiger partial charge in [0.2, 0.25) is 0 Å². The highest BCUT2D eigenvalue weighted by atomic mass is 32.2. The molecule has 0 aromatic carbocycles. The minimum atomic E-state index is -2.96. The van der Waals surface area contributed by atoms with E-state index >= 15 is 0 Å². The molecule has 6 nitrogen and oxygen atoms in total. The first-order valence-electron chi connectivity index (χ1n) is 7.09. The summed E-state index contributed by atoms with van der Waals surface area (Å²) >= 11 is 0. The van der Waals surface area contributed by atoms with Crippen molar-refractivity contribution < 1.29 is 8.42 Å². The van der Waals surface area contributed by atoms with E-state index in [0.717, 1.165) is 17.1 Å². The van der Waals surface area contributed by atoms with Gasteiger partial charge in [-0.15, -0.1) is 0 Å². The van der Waals surface area contributed by atoms with Crippen LogP contribution in [0.4, 0.5) is 5.82 Å². The molecule has 7 heteroatoms. The fraction of sp³-hybridized carbons (Fsp3) is 0.467. The zero-order valence-corrected chi connectivity index (χ0v) is 14.2. The Morgan fingerprint density at radius 2 is 2.14 bits per heavy atom. The second-order valence-electron chi connectivity index (χ2n) is 5.83. The molecule has 1 atom stereocenters. The molecule has 0 aliphatic carbocycles. The molecule has 0 spiro atoms. The van der Waals surface area contributed by atoms with E-state index in [-0.39, 0.29) is 11.7 Å². The second-order valence-corrected chi connectivity index (χ2v) is 8.02. The number of anilines is 1. The molecule has 0 aliphatic rings. The summed E-state index contributed by atoms with van der Waals surface area (Å²) in [5, 5.41) is 4.50. The highest BCUT2D eigenvalue weighted by molar-refractivity contribution is 7.90. The summed E-state index contributed by atoms with van der Waals surface area (Å²) < 4.78 is 24.5. The molecule has 2 rings (SSSR count). The lowest BCUT2D eigenvalue weighted by Crippen LogP contribution is -2.29. The number of hydrogen-bond donors (Lipinski definition) is 0. The Hall–Kier alpha value is -1.89. The number of rotatable bonds is 6. The van der Waals surface area contributed by atoms with E-state index < -0.39 is 9.84 Å². The van der Waals surface area contributed by atoms with Gasteiger partial charge in [-0.2, -0.15) is 5.10 Å². The fourth-order valence-corrected chi connectivity index (χ4v) is 3.74. The monoisotopic (exact) mass is 322 g/mol. The van der Waals surface area contributed by atoms with Crippen LogP contribution in [-0.2, 0) is 16.9 Å². The first kappa shape index (κ1) is 16.5. The Balaban J connectivity index is 2.14. The van der Waals surface area contributed by atoms with Crippen molar-refractivity contribution in [1.29, 1.82) is 0 Å². The van der Waals surface area contributed by atoms with Crippen LogP contribution in [0.15, 0.2) is 30.6 Å². The van der Waals surface area contributed by atoms with Gasteiger partial charge in [-0.3, -0.25) is 9.67 Å². The Labute approximate surface area is 131 Å². The predicted octanol–water partition coefficient (Wildman–Crippen LogP) is 1.60. The molecule has 0 radical (unpaired) electrons. The largest absolute Gasteiger partial charge is 0.360 e. The molecule has 0 N–H and O–H groups in total. The van der Waals surface area contributed by atoms with Crippen LogP contribution in [0.25, 0.3) is 11.3 Å². The molecular formula is C15H22N4O2S. The number of aromatic nitrogens is 3. The van der Waals surface area contributed by atoms with Crippen LogP contribution in [0.1, 0.15) is 6.92 Å². The second kappa shape index (κ2) is 6.48. The van der Waals surface area contributed by atoms with Crippen molar-refractivity contribution in [2.75, 3.05) is 30.5 Å². The third kappa shape index (κ3) is 4.30. The van der Waals surface area contributed by atoms with Crippen molar-refractivity contribution in [2.24, 2.45) is 13.0 Å². The number of nitrogens with zero attached hydrogens (tertiary/aromatic N) is 4. The lowest BCUT2D eigenvalue weighted by molar-refractivity contribution is 0.571. The van der Waals surface area contributed by atoms with Crippen LogP contribution in [0.3, 0.4) is 0 Å². The number of pyridine rings is 1. The standard InChI is InChI=1S/C15H22N4O2S/c1-12(11-22(4,20)21)10-18(2)15-8-14(17-19(15)3)13-6-5-7-16-9-13/h5-9,12H,10-11H2,1-4H3. The number of aryl methyl sites for hydroxylation is 1. The van der Waals surface area contributed by atoms with Gasteiger partial charge in [-0.1, -0.05) is 6.92 Å². The Kier molecular flexibility index (Phi) is 4.85. The van der Waals surface area contributed by atoms with E-state index in [0.29, 0.717) is 6.54 Å². The van der Waals surface area contributed by atoms with E-state index in [4.69, 9.17) is 0 Å². The summed E-state index contributed by atoms with van der Waals surface area (Å²) in [6, 6.07) is 5.83. The summed E-state index contributed by atoms with van der Waals surface area (Å²) in [5.74, 6) is 1.18. The molecule has 2 aromatic rings. The molecule has 1 unspecified atom stereocenters. The highest BCUT2D eigenvalue weighted by Crippen LogP contribution is 2.23. The predicted molar refractivity (Wildman–Crippen MR) is 88.6 cm³/mol. The van der Waals surface area contributed by atoms with Gasteiger partial charge in [0.05, 0.1) is 11.4 Å². The van der Waals surface area contributed by atoms with Crippen molar-refractivity contribution >= 4 is 15.7 Å². The smallest absolute Gasteiger partial charge is 0.147 e. The normalized spacial score (nSPS) is 13.1. The summed E-state index contributed by atoms with van der Waals surface area (Å²) in [4.78, 5) is 6.13. The summed E-state index contributed by atoms with van der Waals surface area (Å²) in [5.41, 5.74) is 1.81. The van der Waals surface area contributed by atoms with Gasteiger partial charge in [0, 0.05) is 50.9 Å². The van der Waals surface area contributed by atoms with Crippen LogP contribution < -0.4 is 4.90 Å². The van der Waals surface area contributed by atoms with E-state index in [9.17, 15) is 8.42 Å². The van der Waals surface area contributed by atoms with E-state index in [1.165, 1.54) is 6.26 Å². The molecule has 0 saturated heterocycles. The van der Waals surface area contributed by atoms with Crippen molar-refractivity contribution in [3.05, 3.63) is 30.6 Å². The van der Waals surface area contributed by atoms with Gasteiger partial charge in [-0.05, 0) is 18.1 Å². The SMILES string of the molecule is CC(CN(C)c1cc(-c2cccnc2)nn1C)CS(C)(=O)=O. The van der Waals surface area contributed by atoms with Crippen molar-refractivity contribution in [3.63, 3.8) is 0 Å². The van der Waals surface area contributed by atoms with Crippen LogP contribution in [0.5, 0.6) is 0 Å². The van der Waals surface area contributed by atoms with E-state index in [2.05, 4.69) is 10.1 Å². The maximum atomic E-state index is 11.4. The number of hydrogen-bond acceptors (Lipinski definition) is 5. The van der Waals surface area contributed by atoms with Crippen LogP contribution in [0.2, 0.25) is 0 Å². The first-order valence-corrected chi connectivity index (χ1v) is 9.15. The maximum Gasteiger partial charge on any atom is 0.147 e. The first-order chi connectivity index (χ1) is 10.3. The molecule has 0 amide bonds. The van der Waals surface area contributed by atoms with Gasteiger partial charge in [0.1, 0.15) is 15.7 Å². The molecule has 2 heterocycles. The lowest BCUT2D eigenvalue weighted by Gasteiger charge is -2.22. The minimum Gasteiger partial charge on any atom is -0.360 e. The van der Waals surface area contributed by atoms with Gasteiger partial charge >= 0.3 is 0 Å². The molecule has 22 heavy (non-hydrogen) atoms. The van der Waals surface area contributed by atoms with Gasteiger partial charge in [-0.25, -0.2) is 8.42 Å². The zero-order chi connectivity index (χ0) is 16.3. The zero-order valence-electron chi connectivity index (χ0n) is 13.4. The molecule has 0 aliphatic heterocycles. The van der Waals surface area contributed by atoms with Crippen LogP contribution in [-0.4, -0.2) is 48.8 Å². The average Bonchev–Trinajstić information content (AvgIpc) is 2.79. The number of sulfone groups is 1. The lowest BCUT2D eigenvalue weighted by atomic mass is 10.2. The Morgan fingerprint density at radius 3 is 2.73 bits per heavy atom. The van der Waals surface area contributed by atoms with Crippen molar-refractivity contribution in [1.82, 2.24) is 14.8 Å². The quantitative estimate of drug-likeness (QED) is 0.808. The van der Waals surface area contributed by atoms with Crippen LogP contribution >= 0.6 is 0 Å².